The number of anilines is 4. The van der Waals surface area contributed by atoms with Gasteiger partial charge in [0.15, 0.2) is 0 Å². The monoisotopic (exact) mass is 961 g/mol. The summed E-state index contributed by atoms with van der Waals surface area (Å²) in [5.41, 5.74) is 29.5. The molecule has 0 aromatic heterocycles. The number of para-hydroxylation sites is 2. The molecule has 1 atom stereocenters. The van der Waals surface area contributed by atoms with Gasteiger partial charge in [-0.3, -0.25) is 0 Å². The van der Waals surface area contributed by atoms with E-state index >= 15 is 0 Å². The van der Waals surface area contributed by atoms with Gasteiger partial charge in [0, 0.05) is 39.2 Å². The lowest BCUT2D eigenvalue weighted by atomic mass is 9.65. The molecule has 0 fully saturated rings. The van der Waals surface area contributed by atoms with Gasteiger partial charge in [-0.15, -0.1) is 0 Å². The van der Waals surface area contributed by atoms with Crippen molar-refractivity contribution in [3.8, 4) is 33.4 Å². The summed E-state index contributed by atoms with van der Waals surface area (Å²) in [6, 6.07) is 67.6. The van der Waals surface area contributed by atoms with Crippen LogP contribution in [-0.2, 0) is 18.3 Å². The number of hydrogen-bond donors (Lipinski definition) is 1. The van der Waals surface area contributed by atoms with E-state index < -0.39 is 5.41 Å². The first-order valence-electron chi connectivity index (χ1n) is 26.7. The number of aryl methyl sites for hydroxylation is 4. The second-order valence-corrected chi connectivity index (χ2v) is 21.6. The topological polar surface area (TPSA) is 15.3 Å². The highest BCUT2D eigenvalue weighted by molar-refractivity contribution is 5.90. The average Bonchev–Trinajstić information content (AvgIpc) is 3.63. The maximum absolute atomic E-state index is 4.87. The Labute approximate surface area is 440 Å². The minimum Gasteiger partial charge on any atom is -0.355 e. The van der Waals surface area contributed by atoms with Crippen LogP contribution in [0.25, 0.3) is 33.4 Å². The lowest BCUT2D eigenvalue weighted by molar-refractivity contribution is 0.522. The lowest BCUT2D eigenvalue weighted by Gasteiger charge is -2.41. The molecule has 0 amide bonds. The summed E-state index contributed by atoms with van der Waals surface area (Å²) < 4.78 is 0. The number of nitrogens with zero attached hydrogens (tertiary/aromatic N) is 1. The zero-order chi connectivity index (χ0) is 51.3. The molecular formula is C72H68N2. The normalized spacial score (nSPS) is 16.6. The van der Waals surface area contributed by atoms with Gasteiger partial charge in [-0.05, 0) is 180 Å². The van der Waals surface area contributed by atoms with Crippen LogP contribution < -0.4 is 10.2 Å². The lowest BCUT2D eigenvalue weighted by Crippen LogP contribution is -2.32. The fraction of sp³-hybridized carbons (Fsp3) is 0.194. The van der Waals surface area contributed by atoms with E-state index in [1.807, 2.05) is 0 Å². The number of nitrogens with one attached hydrogen (secondary N) is 1. The zero-order valence-electron chi connectivity index (χ0n) is 44.5. The van der Waals surface area contributed by atoms with Gasteiger partial charge in [-0.25, -0.2) is 0 Å². The third kappa shape index (κ3) is 8.31. The predicted molar refractivity (Wildman–Crippen MR) is 316 cm³/mol. The van der Waals surface area contributed by atoms with Crippen LogP contribution in [0.15, 0.2) is 240 Å². The van der Waals surface area contributed by atoms with Crippen LogP contribution in [-0.4, -0.2) is 0 Å². The van der Waals surface area contributed by atoms with Crippen molar-refractivity contribution in [2.24, 2.45) is 5.41 Å². The molecule has 1 unspecified atom stereocenters. The van der Waals surface area contributed by atoms with Crippen molar-refractivity contribution in [2.45, 2.75) is 86.5 Å². The van der Waals surface area contributed by atoms with Crippen molar-refractivity contribution in [1.82, 2.24) is 0 Å². The maximum Gasteiger partial charge on any atom is 0.0540 e. The molecule has 0 spiro atoms. The predicted octanol–water partition coefficient (Wildman–Crippen LogP) is 19.4. The van der Waals surface area contributed by atoms with E-state index in [1.165, 1.54) is 106 Å². The third-order valence-corrected chi connectivity index (χ3v) is 16.6. The molecule has 2 nitrogen and oxygen atoms in total. The third-order valence-electron chi connectivity index (χ3n) is 16.6. The molecule has 8 aromatic carbocycles. The van der Waals surface area contributed by atoms with E-state index in [-0.39, 0.29) is 5.41 Å². The standard InChI is InChI=1S/C72H68N2/c1-10-51-26-17-18-32-55(51)58-45-69(50(6)43-49(58)5)74(67-41-40-48(4)42-59(67)53-29-15-12-16-30-53)68(47(2)3)46-60-57-34-20-21-35-61(57)71(7,8)65(60)44-54-31-25-38-64-70(54)73-66-39-24-23-37-63(66)72(64,9)62-36-22-19-33-56(62)52-27-13-11-14-28-52/h11-33,36-43,45-46,73H,2,10,34-35,44H2,1,3-9H3/b68-46+. The molecule has 0 radical (unpaired) electrons. The summed E-state index contributed by atoms with van der Waals surface area (Å²) >= 11 is 0. The van der Waals surface area contributed by atoms with Crippen LogP contribution in [0.4, 0.5) is 22.7 Å². The summed E-state index contributed by atoms with van der Waals surface area (Å²) in [5, 5.41) is 4.07. The molecule has 0 saturated carbocycles. The number of allylic oxidation sites excluding steroid dienone is 8. The van der Waals surface area contributed by atoms with E-state index in [9.17, 15) is 0 Å². The Kier molecular flexibility index (Phi) is 12.7. The minimum absolute atomic E-state index is 0.203. The van der Waals surface area contributed by atoms with Crippen molar-refractivity contribution in [2.75, 3.05) is 10.2 Å². The summed E-state index contributed by atoms with van der Waals surface area (Å²) in [6.45, 7) is 23.5. The van der Waals surface area contributed by atoms with E-state index in [1.54, 1.807) is 0 Å². The highest BCUT2D eigenvalue weighted by atomic mass is 15.2. The molecule has 0 bridgehead atoms. The molecule has 11 rings (SSSR count). The Morgan fingerprint density at radius 1 is 0.581 bits per heavy atom. The van der Waals surface area contributed by atoms with Crippen molar-refractivity contribution in [3.63, 3.8) is 0 Å². The van der Waals surface area contributed by atoms with Crippen molar-refractivity contribution in [1.29, 1.82) is 0 Å². The number of hydrogen-bond acceptors (Lipinski definition) is 2. The highest BCUT2D eigenvalue weighted by Crippen LogP contribution is 2.57. The Balaban J connectivity index is 1.15. The Bertz CT molecular complexity index is 3630. The van der Waals surface area contributed by atoms with Crippen LogP contribution in [0, 0.1) is 26.2 Å². The first-order valence-corrected chi connectivity index (χ1v) is 26.7. The van der Waals surface area contributed by atoms with Gasteiger partial charge in [0.2, 0.25) is 0 Å². The van der Waals surface area contributed by atoms with Crippen LogP contribution in [0.2, 0.25) is 0 Å². The highest BCUT2D eigenvalue weighted by Gasteiger charge is 2.43. The Morgan fingerprint density at radius 2 is 1.20 bits per heavy atom. The Hall–Kier alpha value is -7.94. The largest absolute Gasteiger partial charge is 0.355 e. The molecule has 0 saturated heterocycles. The summed E-state index contributed by atoms with van der Waals surface area (Å²) in [7, 11) is 0. The fourth-order valence-electron chi connectivity index (χ4n) is 12.7. The molecular weight excluding hydrogens is 893 g/mol. The van der Waals surface area contributed by atoms with Gasteiger partial charge in [0.25, 0.3) is 0 Å². The SMILES string of the molecule is C=C(C)/C(=C\C1=C(Cc2cccc3c2Nc2ccccc2C3(C)c2ccccc2-c2ccccc2)C(C)(C)C2=C1CC=CC2)N(c1cc(-c2ccccc2CC)c(C)cc1C)c1ccc(C)cc1-c1ccccc1. The zero-order valence-corrected chi connectivity index (χ0v) is 44.5. The van der Waals surface area contributed by atoms with E-state index in [0.29, 0.717) is 0 Å². The molecule has 1 aliphatic heterocycles. The van der Waals surface area contributed by atoms with Crippen LogP contribution in [0.5, 0.6) is 0 Å². The first kappa shape index (κ1) is 48.3. The van der Waals surface area contributed by atoms with E-state index in [0.717, 1.165) is 54.0 Å². The molecule has 2 aliphatic carbocycles. The maximum atomic E-state index is 4.87. The van der Waals surface area contributed by atoms with Gasteiger partial charge in [-0.2, -0.15) is 0 Å². The number of rotatable bonds is 12. The summed E-state index contributed by atoms with van der Waals surface area (Å²) in [4.78, 5) is 2.55. The molecule has 74 heavy (non-hydrogen) atoms. The molecule has 8 aromatic rings. The molecule has 2 heteroatoms. The van der Waals surface area contributed by atoms with Crippen LogP contribution in [0.1, 0.15) is 92.0 Å². The second-order valence-electron chi connectivity index (χ2n) is 21.6. The fourth-order valence-corrected chi connectivity index (χ4v) is 12.7. The van der Waals surface area contributed by atoms with Gasteiger partial charge < -0.3 is 10.2 Å². The average molecular weight is 961 g/mol. The molecule has 366 valence electrons. The smallest absolute Gasteiger partial charge is 0.0540 e. The second kappa shape index (κ2) is 19.5. The van der Waals surface area contributed by atoms with Gasteiger partial charge in [0.05, 0.1) is 5.69 Å². The number of benzene rings is 8. The van der Waals surface area contributed by atoms with E-state index in [2.05, 4.69) is 266 Å². The van der Waals surface area contributed by atoms with Crippen LogP contribution >= 0.6 is 0 Å². The van der Waals surface area contributed by atoms with Gasteiger partial charge >= 0.3 is 0 Å². The summed E-state index contributed by atoms with van der Waals surface area (Å²) in [6.07, 6.45) is 10.9. The number of fused-ring (bicyclic) bond motifs is 2. The van der Waals surface area contributed by atoms with Crippen molar-refractivity contribution in [3.05, 3.63) is 285 Å². The van der Waals surface area contributed by atoms with Gasteiger partial charge in [0.1, 0.15) is 0 Å². The molecule has 1 heterocycles. The summed E-state index contributed by atoms with van der Waals surface area (Å²) in [5.74, 6) is 0. The minimum atomic E-state index is -0.441. The van der Waals surface area contributed by atoms with E-state index in [4.69, 9.17) is 6.58 Å². The van der Waals surface area contributed by atoms with Gasteiger partial charge in [-0.1, -0.05) is 208 Å². The quantitative estimate of drug-likeness (QED) is 0.0970. The van der Waals surface area contributed by atoms with Crippen LogP contribution in [0.3, 0.4) is 0 Å². The molecule has 3 aliphatic rings. The van der Waals surface area contributed by atoms with Crippen molar-refractivity contribution < 1.29 is 0 Å². The Morgan fingerprint density at radius 3 is 1.93 bits per heavy atom. The van der Waals surface area contributed by atoms with Crippen molar-refractivity contribution >= 4 is 22.7 Å². The first-order chi connectivity index (χ1) is 35.9. The molecule has 1 N–H and O–H groups in total.